The Balaban J connectivity index is 0.000000462. The summed E-state index contributed by atoms with van der Waals surface area (Å²) in [6.07, 6.45) is 4.57. The minimum absolute atomic E-state index is 0.0166. The number of hydrogen-bond acceptors (Lipinski definition) is 8. The number of benzene rings is 1. The number of nitro benzene ring substituents is 1. The van der Waals surface area contributed by atoms with E-state index in [4.69, 9.17) is 16.3 Å². The summed E-state index contributed by atoms with van der Waals surface area (Å²) >= 11 is 6.11. The molecule has 1 aliphatic rings. The van der Waals surface area contributed by atoms with Gasteiger partial charge in [-0.15, -0.1) is 0 Å². The van der Waals surface area contributed by atoms with Gasteiger partial charge in [-0.05, 0) is 26.0 Å². The number of allylic oxidation sites excluding steroid dienone is 2. The summed E-state index contributed by atoms with van der Waals surface area (Å²) in [4.78, 5) is 21.0. The zero-order valence-corrected chi connectivity index (χ0v) is 20.7. The van der Waals surface area contributed by atoms with E-state index in [0.29, 0.717) is 35.5 Å². The van der Waals surface area contributed by atoms with Crippen LogP contribution in [0.4, 0.5) is 11.5 Å². The van der Waals surface area contributed by atoms with Crippen LogP contribution in [0.15, 0.2) is 54.3 Å². The van der Waals surface area contributed by atoms with Crippen LogP contribution >= 0.6 is 11.6 Å². The molecule has 0 unspecified atom stereocenters. The molecule has 9 nitrogen and oxygen atoms in total. The number of nitrogens with one attached hydrogen (secondary N) is 1. The summed E-state index contributed by atoms with van der Waals surface area (Å²) in [5.41, 5.74) is 2.63. The van der Waals surface area contributed by atoms with Crippen LogP contribution in [-0.2, 0) is 9.47 Å². The van der Waals surface area contributed by atoms with Gasteiger partial charge >= 0.3 is 0 Å². The summed E-state index contributed by atoms with van der Waals surface area (Å²) in [7, 11) is 3.48. The lowest BCUT2D eigenvalue weighted by atomic mass is 10.2. The van der Waals surface area contributed by atoms with Gasteiger partial charge in [0.1, 0.15) is 30.1 Å². The molecule has 1 aromatic carbocycles. The molecule has 0 spiro atoms. The van der Waals surface area contributed by atoms with Crippen molar-refractivity contribution < 1.29 is 14.4 Å². The fraction of sp³-hybridized carbons (Fsp3) is 0.391. The Morgan fingerprint density at radius 1 is 1.33 bits per heavy atom. The smallest absolute Gasteiger partial charge is 0.269 e. The molecule has 0 amide bonds. The predicted octanol–water partition coefficient (Wildman–Crippen LogP) is 5.53. The van der Waals surface area contributed by atoms with Crippen LogP contribution in [-0.4, -0.2) is 42.2 Å². The molecule has 33 heavy (non-hydrogen) atoms. The average molecular weight is 478 g/mol. The molecule has 0 radical (unpaired) electrons. The molecule has 0 bridgehead atoms. The molecule has 0 saturated heterocycles. The number of nitro groups is 1. The summed E-state index contributed by atoms with van der Waals surface area (Å²) in [6.45, 7) is 9.32. The third-order valence-corrected chi connectivity index (χ3v) is 4.29. The number of ether oxygens (including phenoxy) is 2. The highest BCUT2D eigenvalue weighted by Gasteiger charge is 2.17. The van der Waals surface area contributed by atoms with Crippen LogP contribution in [0.3, 0.4) is 0 Å². The number of halogens is 1. The summed E-state index contributed by atoms with van der Waals surface area (Å²) in [5.74, 6) is 1.08. The van der Waals surface area contributed by atoms with Gasteiger partial charge in [-0.25, -0.2) is 9.97 Å². The van der Waals surface area contributed by atoms with E-state index in [0.717, 1.165) is 11.4 Å². The first-order valence-corrected chi connectivity index (χ1v) is 10.9. The van der Waals surface area contributed by atoms with Crippen LogP contribution in [0.25, 0.3) is 11.4 Å². The average Bonchev–Trinajstić information content (AvgIpc) is 2.80. The Kier molecular flexibility index (Phi) is 12.3. The fourth-order valence-corrected chi connectivity index (χ4v) is 2.68. The number of rotatable bonds is 5. The molecule has 1 N–H and O–H groups in total. The summed E-state index contributed by atoms with van der Waals surface area (Å²) < 4.78 is 9.94. The van der Waals surface area contributed by atoms with Crippen molar-refractivity contribution in [2.45, 2.75) is 34.1 Å². The van der Waals surface area contributed by atoms with Crippen LogP contribution in [0.2, 0.25) is 5.15 Å². The Morgan fingerprint density at radius 3 is 2.45 bits per heavy atom. The van der Waals surface area contributed by atoms with Crippen LogP contribution < -0.4 is 10.2 Å². The second-order valence-corrected chi connectivity index (χ2v) is 7.34. The number of aromatic nitrogens is 2. The highest BCUT2D eigenvalue weighted by Crippen LogP contribution is 2.26. The van der Waals surface area contributed by atoms with Gasteiger partial charge < -0.3 is 19.7 Å². The van der Waals surface area contributed by atoms with E-state index in [1.165, 1.54) is 18.6 Å². The topological polar surface area (TPSA) is 103 Å². The van der Waals surface area contributed by atoms with Crippen molar-refractivity contribution in [2.75, 3.05) is 32.2 Å². The second kappa shape index (κ2) is 14.7. The SMILES string of the molecule is CC1=COCCN1c1cc(Cl)nc(-c2ccc([N+](=O)[O-])cc2)n1.CCC.CN/C(C)=C\OC. The van der Waals surface area contributed by atoms with E-state index in [-0.39, 0.29) is 5.69 Å². The van der Waals surface area contributed by atoms with E-state index in [9.17, 15) is 10.1 Å². The predicted molar refractivity (Wildman–Crippen MR) is 132 cm³/mol. The number of nitrogens with zero attached hydrogens (tertiary/aromatic N) is 4. The summed E-state index contributed by atoms with van der Waals surface area (Å²) in [5, 5.41) is 13.9. The number of hydrogen-bond donors (Lipinski definition) is 1. The van der Waals surface area contributed by atoms with Crippen molar-refractivity contribution in [3.8, 4) is 11.4 Å². The molecular formula is C23H32ClN5O4. The van der Waals surface area contributed by atoms with E-state index >= 15 is 0 Å². The largest absolute Gasteiger partial charge is 0.503 e. The van der Waals surface area contributed by atoms with Gasteiger partial charge in [0.15, 0.2) is 5.82 Å². The first-order valence-electron chi connectivity index (χ1n) is 10.5. The van der Waals surface area contributed by atoms with Crippen molar-refractivity contribution in [2.24, 2.45) is 0 Å². The first-order chi connectivity index (χ1) is 15.8. The van der Waals surface area contributed by atoms with Crippen LogP contribution in [0.5, 0.6) is 0 Å². The van der Waals surface area contributed by atoms with E-state index in [1.807, 2.05) is 25.8 Å². The minimum atomic E-state index is -0.448. The third-order valence-electron chi connectivity index (χ3n) is 4.10. The molecule has 2 heterocycles. The molecule has 0 fully saturated rings. The lowest BCUT2D eigenvalue weighted by Crippen LogP contribution is -2.29. The Morgan fingerprint density at radius 2 is 1.97 bits per heavy atom. The maximum atomic E-state index is 10.7. The van der Waals surface area contributed by atoms with E-state index in [1.54, 1.807) is 37.8 Å². The van der Waals surface area contributed by atoms with Gasteiger partial charge in [0.25, 0.3) is 5.69 Å². The van der Waals surface area contributed by atoms with Crippen molar-refractivity contribution in [3.05, 3.63) is 69.5 Å². The molecule has 1 aliphatic heterocycles. The zero-order chi connectivity index (χ0) is 24.8. The Hall–Kier alpha value is -3.33. The van der Waals surface area contributed by atoms with Gasteiger partial charge in [-0.3, -0.25) is 10.1 Å². The minimum Gasteiger partial charge on any atom is -0.503 e. The summed E-state index contributed by atoms with van der Waals surface area (Å²) in [6, 6.07) is 7.72. The fourth-order valence-electron chi connectivity index (χ4n) is 2.50. The number of non-ortho nitro benzene ring substituents is 1. The standard InChI is InChI=1S/C15H13ClN4O3.C5H11NO.C3H8/c1-10-9-23-7-6-19(10)14-8-13(16)17-15(18-14)11-2-4-12(5-3-11)20(21)22;1-5(6-2)4-7-3;1-3-2/h2-5,8-9H,6-7H2,1H3;4,6H,1-3H3;3H2,1-2H3/b;5-4-;. The van der Waals surface area contributed by atoms with Crippen LogP contribution in [0.1, 0.15) is 34.1 Å². The molecule has 1 aromatic heterocycles. The first kappa shape index (κ1) is 27.7. The van der Waals surface area contributed by atoms with E-state index < -0.39 is 4.92 Å². The highest BCUT2D eigenvalue weighted by molar-refractivity contribution is 6.29. The van der Waals surface area contributed by atoms with Gasteiger partial charge in [0.2, 0.25) is 0 Å². The van der Waals surface area contributed by atoms with Gasteiger partial charge in [0, 0.05) is 36.5 Å². The molecule has 3 rings (SSSR count). The van der Waals surface area contributed by atoms with Crippen LogP contribution in [0, 0.1) is 10.1 Å². The maximum Gasteiger partial charge on any atom is 0.269 e. The van der Waals surface area contributed by atoms with Gasteiger partial charge in [-0.2, -0.15) is 0 Å². The number of anilines is 1. The quantitative estimate of drug-likeness (QED) is 0.259. The second-order valence-electron chi connectivity index (χ2n) is 6.95. The number of methoxy groups -OCH3 is 1. The molecule has 2 aromatic rings. The highest BCUT2D eigenvalue weighted by atomic mass is 35.5. The van der Waals surface area contributed by atoms with Crippen molar-refractivity contribution >= 4 is 23.1 Å². The molecule has 10 heteroatoms. The third kappa shape index (κ3) is 9.36. The monoisotopic (exact) mass is 477 g/mol. The maximum absolute atomic E-state index is 10.7. The van der Waals surface area contributed by atoms with Gasteiger partial charge in [-0.1, -0.05) is 31.9 Å². The zero-order valence-electron chi connectivity index (χ0n) is 20.0. The van der Waals surface area contributed by atoms with Gasteiger partial charge in [0.05, 0.1) is 24.3 Å². The Labute approximate surface area is 200 Å². The molecule has 0 aliphatic carbocycles. The van der Waals surface area contributed by atoms with Crippen molar-refractivity contribution in [1.29, 1.82) is 0 Å². The lowest BCUT2D eigenvalue weighted by molar-refractivity contribution is -0.384. The molecule has 0 saturated carbocycles. The molecule has 0 atom stereocenters. The van der Waals surface area contributed by atoms with Crippen molar-refractivity contribution in [3.63, 3.8) is 0 Å². The van der Waals surface area contributed by atoms with E-state index in [2.05, 4.69) is 33.9 Å². The Bertz CT molecular complexity index is 948. The van der Waals surface area contributed by atoms with Crippen molar-refractivity contribution in [1.82, 2.24) is 15.3 Å². The normalized spacial score (nSPS) is 12.8. The molecular weight excluding hydrogens is 446 g/mol. The molecule has 180 valence electrons. The lowest BCUT2D eigenvalue weighted by Gasteiger charge is -2.27.